The van der Waals surface area contributed by atoms with Crippen LogP contribution >= 0.6 is 0 Å². The molecule has 166 valence electrons. The number of aliphatic hydroxyl groups is 1. The first-order valence-corrected chi connectivity index (χ1v) is 10.8. The number of β-amino-alcohol motifs (C(OH)–C–C–N with tert-alkyl or cyclic N) is 1. The first-order valence-electron chi connectivity index (χ1n) is 9.24. The molecule has 1 fully saturated rings. The second-order valence-electron chi connectivity index (χ2n) is 7.06. The molecule has 1 saturated heterocycles. The molecule has 11 heteroatoms. The van der Waals surface area contributed by atoms with Gasteiger partial charge in [-0.1, -0.05) is 6.07 Å². The van der Waals surface area contributed by atoms with Crippen LogP contribution in [0.25, 0.3) is 0 Å². The number of aliphatic carboxylic acids is 1. The molecular weight excluding hydrogens is 428 g/mol. The van der Waals surface area contributed by atoms with E-state index in [2.05, 4.69) is 0 Å². The molecule has 2 atom stereocenters. The smallest absolute Gasteiger partial charge is 0.338 e. The van der Waals surface area contributed by atoms with E-state index < -0.39 is 39.2 Å². The molecule has 10 nitrogen and oxygen atoms in total. The zero-order chi connectivity index (χ0) is 22.8. The Morgan fingerprint density at radius 2 is 1.77 bits per heavy atom. The van der Waals surface area contributed by atoms with E-state index in [4.69, 9.17) is 15.2 Å². The highest BCUT2D eigenvalue weighted by Gasteiger charge is 2.55. The molecule has 2 amide bonds. The van der Waals surface area contributed by atoms with Crippen LogP contribution in [0.2, 0.25) is 0 Å². The van der Waals surface area contributed by atoms with Crippen molar-refractivity contribution in [2.24, 2.45) is 5.73 Å². The third kappa shape index (κ3) is 4.42. The van der Waals surface area contributed by atoms with Crippen molar-refractivity contribution in [2.45, 2.75) is 22.2 Å². The van der Waals surface area contributed by atoms with E-state index in [9.17, 15) is 28.2 Å². The lowest BCUT2D eigenvalue weighted by Crippen LogP contribution is -2.65. The van der Waals surface area contributed by atoms with Crippen molar-refractivity contribution in [3.05, 3.63) is 48.5 Å². The number of hydrogen-bond donors (Lipinski definition) is 3. The summed E-state index contributed by atoms with van der Waals surface area (Å²) in [5.74, 6) is -0.324. The lowest BCUT2D eigenvalue weighted by Gasteiger charge is -2.40. The van der Waals surface area contributed by atoms with E-state index in [-0.39, 0.29) is 17.9 Å². The Labute approximate surface area is 178 Å². The number of carboxylic acid groups (broad SMARTS) is 1. The molecule has 1 heterocycles. The van der Waals surface area contributed by atoms with Gasteiger partial charge in [0, 0.05) is 12.6 Å². The van der Waals surface area contributed by atoms with Crippen molar-refractivity contribution in [1.29, 1.82) is 0 Å². The Bertz CT molecular complexity index is 1090. The highest BCUT2D eigenvalue weighted by molar-refractivity contribution is 7.92. The number of carbonyl (C=O) groups is 2. The molecule has 0 spiro atoms. The Balaban J connectivity index is 1.85. The van der Waals surface area contributed by atoms with Gasteiger partial charge in [0.05, 0.1) is 18.6 Å². The Kier molecular flexibility index (Phi) is 6.09. The van der Waals surface area contributed by atoms with Crippen LogP contribution in [0.4, 0.5) is 4.79 Å². The minimum absolute atomic E-state index is 0.0914. The van der Waals surface area contributed by atoms with Crippen molar-refractivity contribution in [1.82, 2.24) is 4.90 Å². The number of nitrogens with two attached hydrogens (primary N) is 1. The second-order valence-corrected chi connectivity index (χ2v) is 9.19. The van der Waals surface area contributed by atoms with Crippen LogP contribution < -0.4 is 15.2 Å². The van der Waals surface area contributed by atoms with E-state index in [0.29, 0.717) is 17.2 Å². The normalized spacial score (nSPS) is 21.4. The molecule has 0 aromatic heterocycles. The third-order valence-corrected chi connectivity index (χ3v) is 7.42. The van der Waals surface area contributed by atoms with Gasteiger partial charge < -0.3 is 30.3 Å². The third-order valence-electron chi connectivity index (χ3n) is 5.11. The molecule has 2 aromatic rings. The Morgan fingerprint density at radius 3 is 2.35 bits per heavy atom. The number of nitrogens with zero attached hydrogens (tertiary/aromatic N) is 1. The molecule has 1 aliphatic rings. The minimum Gasteiger partial charge on any atom is -0.497 e. The summed E-state index contributed by atoms with van der Waals surface area (Å²) in [6.45, 7) is -0.815. The maximum atomic E-state index is 13.1. The number of amides is 2. The fraction of sp³-hybridized carbons (Fsp3) is 0.300. The summed E-state index contributed by atoms with van der Waals surface area (Å²) in [7, 11) is -2.73. The molecular formula is C20H22N2O8S. The van der Waals surface area contributed by atoms with Crippen molar-refractivity contribution >= 4 is 21.8 Å². The van der Waals surface area contributed by atoms with Crippen molar-refractivity contribution in [3.63, 3.8) is 0 Å². The van der Waals surface area contributed by atoms with Crippen molar-refractivity contribution < 1.29 is 37.7 Å². The van der Waals surface area contributed by atoms with Gasteiger partial charge in [-0.05, 0) is 42.8 Å². The molecule has 0 radical (unpaired) electrons. The van der Waals surface area contributed by atoms with Gasteiger partial charge in [0.15, 0.2) is 15.4 Å². The van der Waals surface area contributed by atoms with Gasteiger partial charge in [0.2, 0.25) is 0 Å². The zero-order valence-corrected chi connectivity index (χ0v) is 17.4. The zero-order valence-electron chi connectivity index (χ0n) is 16.6. The number of carboxylic acids is 1. The van der Waals surface area contributed by atoms with Crippen LogP contribution in [-0.2, 0) is 14.6 Å². The number of hydrogen-bond acceptors (Lipinski definition) is 7. The van der Waals surface area contributed by atoms with Crippen LogP contribution in [0.15, 0.2) is 53.4 Å². The van der Waals surface area contributed by atoms with E-state index in [0.717, 1.165) is 4.90 Å². The van der Waals surface area contributed by atoms with Crippen LogP contribution in [0, 0.1) is 0 Å². The highest BCUT2D eigenvalue weighted by atomic mass is 32.2. The number of piperidine rings is 1. The summed E-state index contributed by atoms with van der Waals surface area (Å²) in [5.41, 5.74) is 2.47. The van der Waals surface area contributed by atoms with Crippen LogP contribution in [0.1, 0.15) is 6.42 Å². The second kappa shape index (κ2) is 8.44. The van der Waals surface area contributed by atoms with Gasteiger partial charge in [-0.25, -0.2) is 18.0 Å². The predicted octanol–water partition coefficient (Wildman–Crippen LogP) is 1.23. The molecule has 1 aliphatic heterocycles. The monoisotopic (exact) mass is 450 g/mol. The quantitative estimate of drug-likeness (QED) is 0.593. The molecule has 2 unspecified atom stereocenters. The number of methoxy groups -OCH3 is 1. The average Bonchev–Trinajstić information content (AvgIpc) is 2.73. The summed E-state index contributed by atoms with van der Waals surface area (Å²) in [6, 6.07) is 11.3. The van der Waals surface area contributed by atoms with Gasteiger partial charge in [0.1, 0.15) is 22.5 Å². The number of rotatable bonds is 6. The van der Waals surface area contributed by atoms with Crippen LogP contribution in [-0.4, -0.2) is 66.6 Å². The maximum absolute atomic E-state index is 13.1. The lowest BCUT2D eigenvalue weighted by molar-refractivity contribution is -0.162. The molecule has 4 N–H and O–H groups in total. The molecule has 0 saturated carbocycles. The molecule has 0 bridgehead atoms. The van der Waals surface area contributed by atoms with Gasteiger partial charge in [-0.3, -0.25) is 0 Å². The van der Waals surface area contributed by atoms with E-state index >= 15 is 0 Å². The number of likely N-dealkylation sites (tertiary alicyclic amines) is 1. The largest absolute Gasteiger partial charge is 0.497 e. The molecule has 3 rings (SSSR count). The predicted molar refractivity (Wildman–Crippen MR) is 109 cm³/mol. The summed E-state index contributed by atoms with van der Waals surface area (Å²) < 4.78 is 37.0. The van der Waals surface area contributed by atoms with Gasteiger partial charge in [-0.15, -0.1) is 0 Å². The molecule has 0 aliphatic carbocycles. The highest BCUT2D eigenvalue weighted by Crippen LogP contribution is 2.33. The number of primary amides is 1. The van der Waals surface area contributed by atoms with Crippen LogP contribution in [0.5, 0.6) is 17.2 Å². The average molecular weight is 450 g/mol. The summed E-state index contributed by atoms with van der Waals surface area (Å²) in [5, 5.41) is 18.5. The Morgan fingerprint density at radius 1 is 1.13 bits per heavy atom. The number of benzene rings is 2. The minimum atomic E-state index is -4.25. The fourth-order valence-electron chi connectivity index (χ4n) is 3.45. The maximum Gasteiger partial charge on any atom is 0.338 e. The van der Waals surface area contributed by atoms with Crippen molar-refractivity contribution in [3.8, 4) is 17.2 Å². The van der Waals surface area contributed by atoms with E-state index in [1.165, 1.54) is 31.4 Å². The van der Waals surface area contributed by atoms with Crippen molar-refractivity contribution in [2.75, 3.05) is 20.2 Å². The molecule has 2 aromatic carbocycles. The first-order chi connectivity index (χ1) is 14.6. The fourth-order valence-corrected chi connectivity index (χ4v) is 5.40. The van der Waals surface area contributed by atoms with E-state index in [1.807, 2.05) is 0 Å². The Hall–Kier alpha value is -3.31. The standard InChI is InChI=1S/C20H22N2O8S/c1-29-14-3-2-4-15(11-14)30-13-5-7-16(8-6-13)31(27,28)17-9-10-22(19(21)25)12-20(17,26)18(23)24/h2-8,11,17,26H,9-10,12H2,1H3,(H2,21,25)(H,23,24). The molecule has 31 heavy (non-hydrogen) atoms. The summed E-state index contributed by atoms with van der Waals surface area (Å²) >= 11 is 0. The number of urea groups is 1. The SMILES string of the molecule is COc1cccc(Oc2ccc(S(=O)(=O)C3CCN(C(N)=O)CC3(O)C(=O)O)cc2)c1. The van der Waals surface area contributed by atoms with E-state index in [1.54, 1.807) is 24.3 Å². The van der Waals surface area contributed by atoms with Crippen LogP contribution in [0.3, 0.4) is 0 Å². The lowest BCUT2D eigenvalue weighted by atomic mass is 9.92. The van der Waals surface area contributed by atoms with Gasteiger partial charge in [0.25, 0.3) is 0 Å². The number of sulfone groups is 1. The first kappa shape index (κ1) is 22.4. The van der Waals surface area contributed by atoms with Gasteiger partial charge in [-0.2, -0.15) is 0 Å². The number of ether oxygens (including phenoxy) is 2. The summed E-state index contributed by atoms with van der Waals surface area (Å²) in [4.78, 5) is 23.8. The summed E-state index contributed by atoms with van der Waals surface area (Å²) in [6.07, 6.45) is -0.282. The van der Waals surface area contributed by atoms with Gasteiger partial charge >= 0.3 is 12.0 Å². The number of carbonyl (C=O) groups excluding carboxylic acids is 1. The topological polar surface area (TPSA) is 156 Å².